The van der Waals surface area contributed by atoms with Crippen molar-refractivity contribution in [3.63, 3.8) is 0 Å². The van der Waals surface area contributed by atoms with E-state index in [-0.39, 0.29) is 5.09 Å². The first-order chi connectivity index (χ1) is 7.95. The molecular weight excluding hydrogens is 260 g/mol. The molecule has 1 heterocycles. The largest absolute Gasteiger partial charge is 0.443 e. The molecule has 0 bridgehead atoms. The summed E-state index contributed by atoms with van der Waals surface area (Å²) in [5.74, 6) is 0. The zero-order valence-corrected chi connectivity index (χ0v) is 11.2. The maximum Gasteiger partial charge on any atom is 0.294 e. The van der Waals surface area contributed by atoms with Gasteiger partial charge < -0.3 is 4.42 Å². The molecule has 3 nitrogen and oxygen atoms in total. The molecule has 0 aliphatic carbocycles. The van der Waals surface area contributed by atoms with E-state index in [9.17, 15) is 8.42 Å². The molecule has 1 aromatic carbocycles. The van der Waals surface area contributed by atoms with Crippen molar-refractivity contribution in [1.82, 2.24) is 0 Å². The fourth-order valence-electron chi connectivity index (χ4n) is 2.08. The van der Waals surface area contributed by atoms with Gasteiger partial charge in [0.25, 0.3) is 9.05 Å². The van der Waals surface area contributed by atoms with Gasteiger partial charge in [-0.2, -0.15) is 0 Å². The van der Waals surface area contributed by atoms with Crippen LogP contribution in [0, 0.1) is 6.92 Å². The van der Waals surface area contributed by atoms with E-state index in [0.717, 1.165) is 23.8 Å². The molecule has 0 fully saturated rings. The summed E-state index contributed by atoms with van der Waals surface area (Å²) < 4.78 is 28.1. The smallest absolute Gasteiger partial charge is 0.294 e. The summed E-state index contributed by atoms with van der Waals surface area (Å²) in [4.78, 5) is 0. The van der Waals surface area contributed by atoms with Crippen LogP contribution in [0.5, 0.6) is 0 Å². The zero-order chi connectivity index (χ0) is 12.6. The van der Waals surface area contributed by atoms with Gasteiger partial charge in [0.2, 0.25) is 5.09 Å². The lowest BCUT2D eigenvalue weighted by Crippen LogP contribution is -1.90. The van der Waals surface area contributed by atoms with Gasteiger partial charge in [0.15, 0.2) is 0 Å². The van der Waals surface area contributed by atoms with Crippen molar-refractivity contribution < 1.29 is 12.8 Å². The van der Waals surface area contributed by atoms with Crippen molar-refractivity contribution in [2.45, 2.75) is 31.8 Å². The molecule has 0 saturated carbocycles. The lowest BCUT2D eigenvalue weighted by molar-refractivity contribution is 0.484. The van der Waals surface area contributed by atoms with Gasteiger partial charge >= 0.3 is 0 Å². The second-order valence-electron chi connectivity index (χ2n) is 3.99. The van der Waals surface area contributed by atoms with Crippen LogP contribution < -0.4 is 0 Å². The van der Waals surface area contributed by atoms with Crippen molar-refractivity contribution in [3.8, 4) is 0 Å². The minimum absolute atomic E-state index is 0.141. The highest BCUT2D eigenvalue weighted by atomic mass is 35.7. The Morgan fingerprint density at radius 3 is 2.65 bits per heavy atom. The third-order valence-corrected chi connectivity index (χ3v) is 3.99. The molecule has 1 aromatic heterocycles. The predicted octanol–water partition coefficient (Wildman–Crippen LogP) is 3.62. The normalized spacial score (nSPS) is 12.2. The summed E-state index contributed by atoms with van der Waals surface area (Å²) in [5, 5.41) is 0.728. The van der Waals surface area contributed by atoms with Gasteiger partial charge in [0.05, 0.1) is 0 Å². The maximum absolute atomic E-state index is 11.4. The second kappa shape index (κ2) is 4.35. The van der Waals surface area contributed by atoms with Crippen molar-refractivity contribution in [2.24, 2.45) is 0 Å². The average Bonchev–Trinajstić information content (AvgIpc) is 2.57. The Balaban J connectivity index is 2.79. The van der Waals surface area contributed by atoms with Crippen LogP contribution in [-0.4, -0.2) is 8.42 Å². The summed E-state index contributed by atoms with van der Waals surface area (Å²) >= 11 is 0. The molecule has 92 valence electrons. The Kier molecular flexibility index (Phi) is 3.19. The first kappa shape index (κ1) is 12.5. The molecule has 0 aliphatic rings. The third kappa shape index (κ3) is 2.19. The first-order valence-electron chi connectivity index (χ1n) is 5.40. The standard InChI is InChI=1S/C12H13ClO3S/c1-3-5-9-6-4-7-10-11(9)8(2)12(16-10)17(13,14)15/h4,6-7H,3,5H2,1-2H3. The fourth-order valence-corrected chi connectivity index (χ4v) is 3.17. The van der Waals surface area contributed by atoms with Crippen molar-refractivity contribution in [1.29, 1.82) is 0 Å². The molecule has 0 aliphatic heterocycles. The van der Waals surface area contributed by atoms with Crippen molar-refractivity contribution >= 4 is 30.7 Å². The van der Waals surface area contributed by atoms with Crippen LogP contribution in [0.15, 0.2) is 27.7 Å². The molecule has 0 atom stereocenters. The van der Waals surface area contributed by atoms with Gasteiger partial charge in [-0.3, -0.25) is 0 Å². The van der Waals surface area contributed by atoms with E-state index >= 15 is 0 Å². The molecule has 0 saturated heterocycles. The summed E-state index contributed by atoms with van der Waals surface area (Å²) in [7, 11) is 1.52. The summed E-state index contributed by atoms with van der Waals surface area (Å²) in [6, 6.07) is 5.60. The Hall–Kier alpha value is -1.00. The van der Waals surface area contributed by atoms with E-state index in [1.54, 1.807) is 13.0 Å². The first-order valence-corrected chi connectivity index (χ1v) is 7.71. The van der Waals surface area contributed by atoms with Crippen LogP contribution in [-0.2, 0) is 15.5 Å². The number of aryl methyl sites for hydroxylation is 2. The molecule has 0 N–H and O–H groups in total. The molecule has 0 unspecified atom stereocenters. The molecule has 2 aromatic rings. The highest BCUT2D eigenvalue weighted by Crippen LogP contribution is 2.33. The van der Waals surface area contributed by atoms with Gasteiger partial charge in [-0.15, -0.1) is 0 Å². The predicted molar refractivity (Wildman–Crippen MR) is 68.0 cm³/mol. The number of rotatable bonds is 3. The van der Waals surface area contributed by atoms with E-state index < -0.39 is 9.05 Å². The molecular formula is C12H13ClO3S. The van der Waals surface area contributed by atoms with Crippen LogP contribution in [0.25, 0.3) is 11.0 Å². The summed E-state index contributed by atoms with van der Waals surface area (Å²) in [5.41, 5.74) is 2.27. The molecule has 17 heavy (non-hydrogen) atoms. The van der Waals surface area contributed by atoms with Crippen LogP contribution in [0.1, 0.15) is 24.5 Å². The third-order valence-electron chi connectivity index (χ3n) is 2.74. The fraction of sp³-hybridized carbons (Fsp3) is 0.333. The minimum atomic E-state index is -3.82. The van der Waals surface area contributed by atoms with Gasteiger partial charge in [-0.1, -0.05) is 25.5 Å². The highest BCUT2D eigenvalue weighted by molar-refractivity contribution is 8.13. The van der Waals surface area contributed by atoms with Crippen molar-refractivity contribution in [2.75, 3.05) is 0 Å². The number of fused-ring (bicyclic) bond motifs is 1. The molecule has 5 heteroatoms. The Bertz CT molecular complexity index is 656. The van der Waals surface area contributed by atoms with E-state index in [0.29, 0.717) is 11.1 Å². The highest BCUT2D eigenvalue weighted by Gasteiger charge is 2.22. The lowest BCUT2D eigenvalue weighted by atomic mass is 10.0. The zero-order valence-electron chi connectivity index (χ0n) is 9.66. The monoisotopic (exact) mass is 272 g/mol. The SMILES string of the molecule is CCCc1cccc2oc(S(=O)(=O)Cl)c(C)c12. The van der Waals surface area contributed by atoms with Gasteiger partial charge in [-0.05, 0) is 25.0 Å². The number of halogens is 1. The number of hydrogen-bond donors (Lipinski definition) is 0. The Morgan fingerprint density at radius 1 is 1.35 bits per heavy atom. The lowest BCUT2D eigenvalue weighted by Gasteiger charge is -2.00. The minimum Gasteiger partial charge on any atom is -0.443 e. The Morgan fingerprint density at radius 2 is 2.06 bits per heavy atom. The van der Waals surface area contributed by atoms with Crippen LogP contribution in [0.3, 0.4) is 0 Å². The number of benzene rings is 1. The van der Waals surface area contributed by atoms with E-state index in [1.807, 2.05) is 12.1 Å². The number of hydrogen-bond acceptors (Lipinski definition) is 3. The topological polar surface area (TPSA) is 47.3 Å². The molecule has 0 radical (unpaired) electrons. The molecule has 2 rings (SSSR count). The van der Waals surface area contributed by atoms with Crippen LogP contribution >= 0.6 is 10.7 Å². The second-order valence-corrected chi connectivity index (χ2v) is 6.46. The van der Waals surface area contributed by atoms with Crippen LogP contribution in [0.4, 0.5) is 0 Å². The summed E-state index contributed by atoms with van der Waals surface area (Å²) in [6.45, 7) is 3.80. The number of furan rings is 1. The maximum atomic E-state index is 11.4. The quantitative estimate of drug-likeness (QED) is 0.802. The van der Waals surface area contributed by atoms with E-state index in [4.69, 9.17) is 15.1 Å². The van der Waals surface area contributed by atoms with Crippen molar-refractivity contribution in [3.05, 3.63) is 29.3 Å². The van der Waals surface area contributed by atoms with Gasteiger partial charge in [0, 0.05) is 21.6 Å². The van der Waals surface area contributed by atoms with E-state index in [2.05, 4.69) is 6.92 Å². The van der Waals surface area contributed by atoms with Gasteiger partial charge in [0.1, 0.15) is 5.58 Å². The Labute approximate surface area is 105 Å². The summed E-state index contributed by atoms with van der Waals surface area (Å²) in [6.07, 6.45) is 1.88. The average molecular weight is 273 g/mol. The van der Waals surface area contributed by atoms with Gasteiger partial charge in [-0.25, -0.2) is 8.42 Å². The molecule has 0 amide bonds. The van der Waals surface area contributed by atoms with E-state index in [1.165, 1.54) is 0 Å². The molecule has 0 spiro atoms. The van der Waals surface area contributed by atoms with Crippen LogP contribution in [0.2, 0.25) is 0 Å².